The highest BCUT2D eigenvalue weighted by atomic mass is 32.1. The summed E-state index contributed by atoms with van der Waals surface area (Å²) >= 11 is 1.30. The number of methoxy groups -OCH3 is 1. The van der Waals surface area contributed by atoms with Gasteiger partial charge in [-0.1, -0.05) is 11.3 Å². The Morgan fingerprint density at radius 2 is 2.19 bits per heavy atom. The van der Waals surface area contributed by atoms with E-state index in [1.165, 1.54) is 18.4 Å². The molecule has 1 saturated carbocycles. The highest BCUT2D eigenvalue weighted by Gasteiger charge is 2.31. The van der Waals surface area contributed by atoms with Crippen molar-refractivity contribution in [2.75, 3.05) is 19.0 Å². The summed E-state index contributed by atoms with van der Waals surface area (Å²) in [4.78, 5) is 28.2. The first-order valence-electron chi connectivity index (χ1n) is 7.04. The van der Waals surface area contributed by atoms with E-state index in [-0.39, 0.29) is 23.9 Å². The zero-order valence-electron chi connectivity index (χ0n) is 12.5. The number of ether oxygens (including phenoxy) is 2. The van der Waals surface area contributed by atoms with Crippen LogP contribution in [0.4, 0.5) is 5.13 Å². The SMILES string of the molecule is CCOC(=O)c1sc(N[C@@H]2CC[C@H](C(=O)OC)C2)nc1C. The van der Waals surface area contributed by atoms with Crippen LogP contribution >= 0.6 is 11.3 Å². The van der Waals surface area contributed by atoms with E-state index < -0.39 is 0 Å². The predicted molar refractivity (Wildman–Crippen MR) is 79.6 cm³/mol. The Morgan fingerprint density at radius 3 is 2.86 bits per heavy atom. The lowest BCUT2D eigenvalue weighted by Gasteiger charge is -2.11. The minimum absolute atomic E-state index is 0.0434. The minimum Gasteiger partial charge on any atom is -0.469 e. The number of thiazole rings is 1. The molecule has 1 heterocycles. The molecular formula is C14H20N2O4S. The van der Waals surface area contributed by atoms with Gasteiger partial charge in [0, 0.05) is 6.04 Å². The molecular weight excluding hydrogens is 292 g/mol. The number of hydrogen-bond acceptors (Lipinski definition) is 7. The van der Waals surface area contributed by atoms with Crippen LogP contribution in [0.1, 0.15) is 41.6 Å². The molecule has 0 unspecified atom stereocenters. The van der Waals surface area contributed by atoms with Gasteiger partial charge in [0.05, 0.1) is 25.3 Å². The fraction of sp³-hybridized carbons (Fsp3) is 0.643. The van der Waals surface area contributed by atoms with Gasteiger partial charge in [0.25, 0.3) is 0 Å². The first-order valence-corrected chi connectivity index (χ1v) is 7.85. The fourth-order valence-electron chi connectivity index (χ4n) is 2.51. The van der Waals surface area contributed by atoms with Crippen molar-refractivity contribution in [2.24, 2.45) is 5.92 Å². The largest absolute Gasteiger partial charge is 0.469 e. The average Bonchev–Trinajstić information content (AvgIpc) is 3.05. The molecule has 6 nitrogen and oxygen atoms in total. The Hall–Kier alpha value is -1.63. The summed E-state index contributed by atoms with van der Waals surface area (Å²) in [5.41, 5.74) is 0.670. The van der Waals surface area contributed by atoms with Gasteiger partial charge in [-0.2, -0.15) is 0 Å². The fourth-order valence-corrected chi connectivity index (χ4v) is 3.45. The second-order valence-electron chi connectivity index (χ2n) is 5.03. The Labute approximate surface area is 127 Å². The van der Waals surface area contributed by atoms with Crippen LogP contribution in [0, 0.1) is 12.8 Å². The Balaban J connectivity index is 1.97. The maximum Gasteiger partial charge on any atom is 0.350 e. The molecule has 1 aromatic heterocycles. The second-order valence-corrected chi connectivity index (χ2v) is 6.03. The van der Waals surface area contributed by atoms with Gasteiger partial charge in [-0.25, -0.2) is 9.78 Å². The lowest BCUT2D eigenvalue weighted by molar-refractivity contribution is -0.145. The highest BCUT2D eigenvalue weighted by Crippen LogP contribution is 2.31. The summed E-state index contributed by atoms with van der Waals surface area (Å²) < 4.78 is 9.77. The third kappa shape index (κ3) is 3.72. The van der Waals surface area contributed by atoms with E-state index in [1.807, 2.05) is 0 Å². The second kappa shape index (κ2) is 6.89. The number of hydrogen-bond donors (Lipinski definition) is 1. The topological polar surface area (TPSA) is 77.5 Å². The van der Waals surface area contributed by atoms with Gasteiger partial charge in [0.2, 0.25) is 0 Å². The van der Waals surface area contributed by atoms with Gasteiger partial charge in [-0.15, -0.1) is 0 Å². The molecule has 0 amide bonds. The summed E-state index contributed by atoms with van der Waals surface area (Å²) in [5, 5.41) is 4.00. The lowest BCUT2D eigenvalue weighted by Crippen LogP contribution is -2.18. The van der Waals surface area contributed by atoms with Crippen LogP contribution in [-0.2, 0) is 14.3 Å². The number of anilines is 1. The normalized spacial score (nSPS) is 21.1. The average molecular weight is 312 g/mol. The van der Waals surface area contributed by atoms with Crippen molar-refractivity contribution in [3.05, 3.63) is 10.6 Å². The molecule has 0 aliphatic heterocycles. The van der Waals surface area contributed by atoms with Gasteiger partial charge in [0.15, 0.2) is 5.13 Å². The number of nitrogens with one attached hydrogen (secondary N) is 1. The molecule has 21 heavy (non-hydrogen) atoms. The number of carbonyl (C=O) groups excluding carboxylic acids is 2. The first kappa shape index (κ1) is 15.8. The smallest absolute Gasteiger partial charge is 0.350 e. The summed E-state index contributed by atoms with van der Waals surface area (Å²) in [5.74, 6) is -0.528. The maximum absolute atomic E-state index is 11.8. The molecule has 0 spiro atoms. The predicted octanol–water partition coefficient (Wildman–Crippen LogP) is 2.38. The van der Waals surface area contributed by atoms with Crippen LogP contribution in [0.2, 0.25) is 0 Å². The van der Waals surface area contributed by atoms with Crippen molar-refractivity contribution in [1.29, 1.82) is 0 Å². The number of aromatic nitrogens is 1. The molecule has 1 fully saturated rings. The molecule has 1 aliphatic rings. The highest BCUT2D eigenvalue weighted by molar-refractivity contribution is 7.17. The quantitative estimate of drug-likeness (QED) is 0.841. The van der Waals surface area contributed by atoms with E-state index in [1.54, 1.807) is 13.8 Å². The third-order valence-electron chi connectivity index (χ3n) is 3.55. The van der Waals surface area contributed by atoms with Crippen molar-refractivity contribution < 1.29 is 19.1 Å². The van der Waals surface area contributed by atoms with Gasteiger partial charge < -0.3 is 14.8 Å². The van der Waals surface area contributed by atoms with Gasteiger partial charge in [0.1, 0.15) is 4.88 Å². The molecule has 7 heteroatoms. The maximum atomic E-state index is 11.8. The van der Waals surface area contributed by atoms with Crippen molar-refractivity contribution in [3.63, 3.8) is 0 Å². The van der Waals surface area contributed by atoms with E-state index in [9.17, 15) is 9.59 Å². The van der Waals surface area contributed by atoms with Gasteiger partial charge >= 0.3 is 11.9 Å². The Kier molecular flexibility index (Phi) is 5.17. The van der Waals surface area contributed by atoms with Crippen molar-refractivity contribution in [1.82, 2.24) is 4.98 Å². The third-order valence-corrected chi connectivity index (χ3v) is 4.62. The van der Waals surface area contributed by atoms with Crippen LogP contribution in [0.25, 0.3) is 0 Å². The zero-order chi connectivity index (χ0) is 15.4. The molecule has 116 valence electrons. The molecule has 0 radical (unpaired) electrons. The van der Waals surface area contributed by atoms with E-state index in [2.05, 4.69) is 10.3 Å². The van der Waals surface area contributed by atoms with Crippen LogP contribution in [0.3, 0.4) is 0 Å². The van der Waals surface area contributed by atoms with Crippen molar-refractivity contribution in [2.45, 2.75) is 39.2 Å². The molecule has 1 N–H and O–H groups in total. The standard InChI is InChI=1S/C14H20N2O4S/c1-4-20-13(18)11-8(2)15-14(21-11)16-10-6-5-9(7-10)12(17)19-3/h9-10H,4-7H2,1-3H3,(H,15,16)/t9-,10+/m0/s1. The summed E-state index contributed by atoms with van der Waals surface area (Å²) in [6.07, 6.45) is 2.45. The van der Waals surface area contributed by atoms with Crippen LogP contribution in [0.5, 0.6) is 0 Å². The molecule has 2 atom stereocenters. The van der Waals surface area contributed by atoms with E-state index in [0.29, 0.717) is 22.3 Å². The molecule has 0 aromatic carbocycles. The van der Waals surface area contributed by atoms with Crippen LogP contribution in [0.15, 0.2) is 0 Å². The lowest BCUT2D eigenvalue weighted by atomic mass is 10.1. The molecule has 0 saturated heterocycles. The summed E-state index contributed by atoms with van der Waals surface area (Å²) in [6.45, 7) is 3.92. The molecule has 0 bridgehead atoms. The minimum atomic E-state index is -0.334. The first-order chi connectivity index (χ1) is 10.0. The number of nitrogens with zero attached hydrogens (tertiary/aromatic N) is 1. The number of rotatable bonds is 5. The molecule has 1 aromatic rings. The number of esters is 2. The number of carbonyl (C=O) groups is 2. The van der Waals surface area contributed by atoms with Gasteiger partial charge in [-0.3, -0.25) is 4.79 Å². The summed E-state index contributed by atoms with van der Waals surface area (Å²) in [6, 6.07) is 0.190. The van der Waals surface area contributed by atoms with Crippen LogP contribution in [-0.4, -0.2) is 36.7 Å². The Morgan fingerprint density at radius 1 is 1.43 bits per heavy atom. The van der Waals surface area contributed by atoms with Crippen LogP contribution < -0.4 is 5.32 Å². The van der Waals surface area contributed by atoms with E-state index in [0.717, 1.165) is 19.3 Å². The number of aryl methyl sites for hydroxylation is 1. The zero-order valence-corrected chi connectivity index (χ0v) is 13.3. The molecule has 2 rings (SSSR count). The monoisotopic (exact) mass is 312 g/mol. The van der Waals surface area contributed by atoms with Gasteiger partial charge in [-0.05, 0) is 33.1 Å². The van der Waals surface area contributed by atoms with Crippen molar-refractivity contribution in [3.8, 4) is 0 Å². The van der Waals surface area contributed by atoms with Crippen molar-refractivity contribution >= 4 is 28.4 Å². The molecule has 1 aliphatic carbocycles. The van der Waals surface area contributed by atoms with E-state index >= 15 is 0 Å². The Bertz CT molecular complexity index is 529. The summed E-state index contributed by atoms with van der Waals surface area (Å²) in [7, 11) is 1.42. The van der Waals surface area contributed by atoms with E-state index in [4.69, 9.17) is 9.47 Å².